The first kappa shape index (κ1) is 15.9. The molecule has 6 rings (SSSR count). The molecule has 0 aliphatic carbocycles. The summed E-state index contributed by atoms with van der Waals surface area (Å²) in [5, 5.41) is 0. The third-order valence-corrected chi connectivity index (χ3v) is 4.89. The lowest BCUT2D eigenvalue weighted by Crippen LogP contribution is -1.94. The van der Waals surface area contributed by atoms with Gasteiger partial charge in [-0.3, -0.25) is 0 Å². The minimum atomic E-state index is 0.642. The molecule has 2 heterocycles. The lowest BCUT2D eigenvalue weighted by molar-refractivity contribution is 0.492. The molecule has 0 radical (unpaired) electrons. The van der Waals surface area contributed by atoms with Gasteiger partial charge in [-0.05, 0) is 48.5 Å². The number of para-hydroxylation sites is 6. The highest BCUT2D eigenvalue weighted by molar-refractivity contribution is 5.92. The Bertz CT molecular complexity index is 1430. The van der Waals surface area contributed by atoms with E-state index in [0.29, 0.717) is 11.5 Å². The van der Waals surface area contributed by atoms with E-state index in [9.17, 15) is 0 Å². The second kappa shape index (κ2) is 6.21. The average Bonchev–Trinajstić information content (AvgIpc) is 2.77. The van der Waals surface area contributed by atoms with Crippen LogP contribution in [0.3, 0.4) is 0 Å². The summed E-state index contributed by atoms with van der Waals surface area (Å²) in [6.07, 6.45) is 0. The number of hydrogen-bond donors (Lipinski definition) is 0. The number of rotatable bonds is 2. The fourth-order valence-corrected chi connectivity index (χ4v) is 3.52. The molecule has 0 aliphatic heterocycles. The standard InChI is InChI=1S/C24H14N4O/c1-3-9-17-15(7-1)25-19-11-5-13-21(23(19)27-17)29-22-14-6-12-20-24(22)28-18-10-4-2-8-16(18)26-20/h1-14H. The summed E-state index contributed by atoms with van der Waals surface area (Å²) in [6, 6.07) is 27.2. The van der Waals surface area contributed by atoms with Crippen molar-refractivity contribution in [2.45, 2.75) is 0 Å². The van der Waals surface area contributed by atoms with E-state index < -0.39 is 0 Å². The van der Waals surface area contributed by atoms with Gasteiger partial charge >= 0.3 is 0 Å². The van der Waals surface area contributed by atoms with Crippen molar-refractivity contribution in [2.75, 3.05) is 0 Å². The number of ether oxygens (including phenoxy) is 1. The van der Waals surface area contributed by atoms with Crippen LogP contribution < -0.4 is 4.74 Å². The Morgan fingerprint density at radius 3 is 1.21 bits per heavy atom. The van der Waals surface area contributed by atoms with Crippen LogP contribution >= 0.6 is 0 Å². The summed E-state index contributed by atoms with van der Waals surface area (Å²) in [5.41, 5.74) is 6.41. The molecule has 0 aliphatic rings. The lowest BCUT2D eigenvalue weighted by Gasteiger charge is -2.11. The number of aromatic nitrogens is 4. The van der Waals surface area contributed by atoms with Crippen LogP contribution in [0.15, 0.2) is 84.9 Å². The Hall–Kier alpha value is -4.12. The van der Waals surface area contributed by atoms with E-state index in [1.165, 1.54) is 0 Å². The second-order valence-corrected chi connectivity index (χ2v) is 6.77. The molecular weight excluding hydrogens is 360 g/mol. The molecule has 0 saturated heterocycles. The molecular formula is C24H14N4O. The molecule has 2 aromatic heterocycles. The zero-order chi connectivity index (χ0) is 19.2. The van der Waals surface area contributed by atoms with Crippen molar-refractivity contribution in [1.82, 2.24) is 19.9 Å². The quantitative estimate of drug-likeness (QED) is 0.365. The van der Waals surface area contributed by atoms with Gasteiger partial charge in [-0.1, -0.05) is 36.4 Å². The lowest BCUT2D eigenvalue weighted by atomic mass is 10.2. The molecule has 0 atom stereocenters. The Balaban J connectivity index is 1.55. The van der Waals surface area contributed by atoms with Crippen molar-refractivity contribution in [3.8, 4) is 11.5 Å². The smallest absolute Gasteiger partial charge is 0.155 e. The fraction of sp³-hybridized carbons (Fsp3) is 0. The Morgan fingerprint density at radius 2 is 0.759 bits per heavy atom. The van der Waals surface area contributed by atoms with Crippen LogP contribution in [-0.2, 0) is 0 Å². The first-order valence-corrected chi connectivity index (χ1v) is 9.34. The highest BCUT2D eigenvalue weighted by Gasteiger charge is 2.12. The minimum absolute atomic E-state index is 0.642. The normalized spacial score (nSPS) is 11.4. The van der Waals surface area contributed by atoms with Crippen molar-refractivity contribution in [3.05, 3.63) is 84.9 Å². The SMILES string of the molecule is c1ccc2nc3c(Oc4cccc5nc6ccccc6nc45)cccc3nc2c1. The number of fused-ring (bicyclic) bond motifs is 4. The van der Waals surface area contributed by atoms with Crippen LogP contribution in [0.1, 0.15) is 0 Å². The Kier molecular flexibility index (Phi) is 3.40. The van der Waals surface area contributed by atoms with E-state index >= 15 is 0 Å². The number of benzene rings is 4. The van der Waals surface area contributed by atoms with Crippen molar-refractivity contribution in [2.24, 2.45) is 0 Å². The van der Waals surface area contributed by atoms with Crippen LogP contribution in [0.2, 0.25) is 0 Å². The van der Waals surface area contributed by atoms with Gasteiger partial charge < -0.3 is 4.74 Å². The van der Waals surface area contributed by atoms with Crippen LogP contribution in [0.25, 0.3) is 44.1 Å². The van der Waals surface area contributed by atoms with Gasteiger partial charge in [0.25, 0.3) is 0 Å². The third kappa shape index (κ3) is 2.63. The molecule has 0 fully saturated rings. The summed E-state index contributed by atoms with van der Waals surface area (Å²) >= 11 is 0. The Labute approximate surface area is 165 Å². The highest BCUT2D eigenvalue weighted by atomic mass is 16.5. The summed E-state index contributed by atoms with van der Waals surface area (Å²) < 4.78 is 6.30. The van der Waals surface area contributed by atoms with Gasteiger partial charge in [-0.15, -0.1) is 0 Å². The van der Waals surface area contributed by atoms with E-state index in [1.54, 1.807) is 0 Å². The molecule has 5 nitrogen and oxygen atoms in total. The molecule has 0 unspecified atom stereocenters. The minimum Gasteiger partial charge on any atom is -0.453 e. The van der Waals surface area contributed by atoms with E-state index in [-0.39, 0.29) is 0 Å². The van der Waals surface area contributed by atoms with Crippen LogP contribution in [0.4, 0.5) is 0 Å². The van der Waals surface area contributed by atoms with Crippen LogP contribution in [0, 0.1) is 0 Å². The largest absolute Gasteiger partial charge is 0.453 e. The third-order valence-electron chi connectivity index (χ3n) is 4.89. The van der Waals surface area contributed by atoms with E-state index in [4.69, 9.17) is 24.7 Å². The van der Waals surface area contributed by atoms with Gasteiger partial charge in [0, 0.05) is 0 Å². The molecule has 0 spiro atoms. The maximum Gasteiger partial charge on any atom is 0.155 e. The number of hydrogen-bond acceptors (Lipinski definition) is 5. The van der Waals surface area contributed by atoms with Gasteiger partial charge in [-0.25, -0.2) is 19.9 Å². The Morgan fingerprint density at radius 1 is 0.379 bits per heavy atom. The molecule has 136 valence electrons. The highest BCUT2D eigenvalue weighted by Crippen LogP contribution is 2.33. The van der Waals surface area contributed by atoms with E-state index in [1.807, 2.05) is 84.9 Å². The predicted octanol–water partition coefficient (Wildman–Crippen LogP) is 5.67. The molecule has 0 amide bonds. The maximum absolute atomic E-state index is 6.30. The predicted molar refractivity (Wildman–Crippen MR) is 114 cm³/mol. The van der Waals surface area contributed by atoms with Gasteiger partial charge in [0.05, 0.1) is 33.1 Å². The van der Waals surface area contributed by atoms with Gasteiger partial charge in [0.2, 0.25) is 0 Å². The summed E-state index contributed by atoms with van der Waals surface area (Å²) in [6.45, 7) is 0. The number of nitrogens with zero attached hydrogens (tertiary/aromatic N) is 4. The van der Waals surface area contributed by atoms with E-state index in [0.717, 1.165) is 44.1 Å². The topological polar surface area (TPSA) is 60.8 Å². The molecule has 0 bridgehead atoms. The zero-order valence-corrected chi connectivity index (χ0v) is 15.3. The first-order valence-electron chi connectivity index (χ1n) is 9.34. The average molecular weight is 374 g/mol. The molecule has 0 saturated carbocycles. The zero-order valence-electron chi connectivity index (χ0n) is 15.3. The van der Waals surface area contributed by atoms with Crippen molar-refractivity contribution < 1.29 is 4.74 Å². The summed E-state index contributed by atoms with van der Waals surface area (Å²) in [4.78, 5) is 19.0. The fourth-order valence-electron chi connectivity index (χ4n) is 3.52. The summed E-state index contributed by atoms with van der Waals surface area (Å²) in [7, 11) is 0. The van der Waals surface area contributed by atoms with Crippen molar-refractivity contribution in [3.63, 3.8) is 0 Å². The molecule has 0 N–H and O–H groups in total. The van der Waals surface area contributed by atoms with E-state index in [2.05, 4.69) is 0 Å². The maximum atomic E-state index is 6.30. The molecule has 5 heteroatoms. The molecule has 6 aromatic rings. The molecule has 4 aromatic carbocycles. The van der Waals surface area contributed by atoms with Gasteiger partial charge in [-0.2, -0.15) is 0 Å². The van der Waals surface area contributed by atoms with Crippen molar-refractivity contribution >= 4 is 44.1 Å². The van der Waals surface area contributed by atoms with Crippen LogP contribution in [0.5, 0.6) is 11.5 Å². The first-order chi connectivity index (χ1) is 14.3. The van der Waals surface area contributed by atoms with Crippen molar-refractivity contribution in [1.29, 1.82) is 0 Å². The van der Waals surface area contributed by atoms with Crippen LogP contribution in [-0.4, -0.2) is 19.9 Å². The molecule has 29 heavy (non-hydrogen) atoms. The second-order valence-electron chi connectivity index (χ2n) is 6.77. The monoisotopic (exact) mass is 374 g/mol. The van der Waals surface area contributed by atoms with Gasteiger partial charge in [0.1, 0.15) is 11.0 Å². The van der Waals surface area contributed by atoms with Gasteiger partial charge in [0.15, 0.2) is 11.5 Å². The summed E-state index contributed by atoms with van der Waals surface area (Å²) in [5.74, 6) is 1.28.